The lowest BCUT2D eigenvalue weighted by Crippen LogP contribution is -2.20. The number of nitrogens with one attached hydrogen (secondary N) is 1. The lowest BCUT2D eigenvalue weighted by Gasteiger charge is -2.03. The van der Waals surface area contributed by atoms with Gasteiger partial charge in [0.15, 0.2) is 0 Å². The first-order valence-corrected chi connectivity index (χ1v) is 6.91. The fourth-order valence-electron chi connectivity index (χ4n) is 2.09. The summed E-state index contributed by atoms with van der Waals surface area (Å²) < 4.78 is 1.75. The number of amides is 1. The molecule has 1 heterocycles. The number of aromatic nitrogens is 3. The number of fused-ring (bicyclic) bond motifs is 1. The summed E-state index contributed by atoms with van der Waals surface area (Å²) in [7, 11) is 0. The molecule has 0 aliphatic heterocycles. The molecule has 1 N–H and O–H groups in total. The van der Waals surface area contributed by atoms with Crippen LogP contribution >= 0.6 is 0 Å². The maximum Gasteiger partial charge on any atom is 0.271 e. The Bertz CT molecular complexity index is 823. The molecule has 2 aromatic carbocycles. The van der Waals surface area contributed by atoms with Crippen LogP contribution in [0.2, 0.25) is 0 Å². The van der Waals surface area contributed by atoms with Crippen LogP contribution in [0.15, 0.2) is 59.7 Å². The molecule has 0 atom stereocenters. The number of carbonyl (C=O) groups excluding carboxylic acids is 1. The van der Waals surface area contributed by atoms with Gasteiger partial charge < -0.3 is 0 Å². The molecule has 0 saturated carbocycles. The minimum atomic E-state index is -0.233. The number of hydrogen-bond donors (Lipinski definition) is 1. The Morgan fingerprint density at radius 1 is 1.14 bits per heavy atom. The summed E-state index contributed by atoms with van der Waals surface area (Å²) in [6.07, 6.45) is 0. The van der Waals surface area contributed by atoms with Crippen LogP contribution in [0, 0.1) is 0 Å². The topological polar surface area (TPSA) is 72.2 Å². The van der Waals surface area contributed by atoms with Crippen LogP contribution in [-0.4, -0.2) is 26.6 Å². The van der Waals surface area contributed by atoms with Crippen molar-refractivity contribution in [1.29, 1.82) is 0 Å². The Kier molecular flexibility index (Phi) is 3.91. The van der Waals surface area contributed by atoms with E-state index in [2.05, 4.69) is 20.8 Å². The highest BCUT2D eigenvalue weighted by atomic mass is 16.2. The minimum absolute atomic E-state index is 0.233. The molecule has 0 aliphatic carbocycles. The number of carbonyl (C=O) groups is 1. The van der Waals surface area contributed by atoms with Gasteiger partial charge >= 0.3 is 0 Å². The number of nitrogens with zero attached hydrogens (tertiary/aromatic N) is 4. The normalized spacial score (nSPS) is 11.6. The van der Waals surface area contributed by atoms with E-state index in [1.807, 2.05) is 49.4 Å². The average Bonchev–Trinajstić information content (AvgIpc) is 2.97. The third kappa shape index (κ3) is 3.01. The molecular weight excluding hydrogens is 278 g/mol. The smallest absolute Gasteiger partial charge is 0.267 e. The summed E-state index contributed by atoms with van der Waals surface area (Å²) in [6.45, 7) is 2.30. The zero-order chi connectivity index (χ0) is 15.4. The van der Waals surface area contributed by atoms with Crippen molar-refractivity contribution in [3.8, 4) is 0 Å². The molecule has 22 heavy (non-hydrogen) atoms. The van der Waals surface area contributed by atoms with Crippen molar-refractivity contribution in [3.63, 3.8) is 0 Å². The van der Waals surface area contributed by atoms with E-state index in [4.69, 9.17) is 0 Å². The molecule has 0 radical (unpaired) electrons. The van der Waals surface area contributed by atoms with E-state index in [1.165, 1.54) is 0 Å². The highest BCUT2D eigenvalue weighted by molar-refractivity contribution is 5.95. The van der Waals surface area contributed by atoms with Gasteiger partial charge in [0.1, 0.15) is 5.52 Å². The van der Waals surface area contributed by atoms with Crippen LogP contribution in [-0.2, 0) is 6.54 Å². The lowest BCUT2D eigenvalue weighted by molar-refractivity contribution is 0.0954. The van der Waals surface area contributed by atoms with Crippen LogP contribution in [0.25, 0.3) is 11.0 Å². The predicted molar refractivity (Wildman–Crippen MR) is 84.5 cm³/mol. The van der Waals surface area contributed by atoms with E-state index >= 15 is 0 Å². The molecule has 1 amide bonds. The molecule has 3 aromatic rings. The van der Waals surface area contributed by atoms with Gasteiger partial charge in [0.2, 0.25) is 0 Å². The SMILES string of the molecule is CC(Cn1nnc2ccccc21)=NNC(=O)c1ccccc1. The monoisotopic (exact) mass is 293 g/mol. The third-order valence-corrected chi connectivity index (χ3v) is 3.18. The molecule has 0 fully saturated rings. The minimum Gasteiger partial charge on any atom is -0.267 e. The van der Waals surface area contributed by atoms with Gasteiger partial charge in [-0.3, -0.25) is 4.79 Å². The first-order valence-electron chi connectivity index (χ1n) is 6.91. The summed E-state index contributed by atoms with van der Waals surface area (Å²) in [4.78, 5) is 11.9. The fraction of sp³-hybridized carbons (Fsp3) is 0.125. The first kappa shape index (κ1) is 13.9. The molecular formula is C16H15N5O. The molecule has 0 bridgehead atoms. The van der Waals surface area contributed by atoms with Crippen LogP contribution < -0.4 is 5.43 Å². The Morgan fingerprint density at radius 2 is 1.86 bits per heavy atom. The molecule has 3 rings (SSSR count). The number of hydrogen-bond acceptors (Lipinski definition) is 4. The molecule has 0 unspecified atom stereocenters. The number of rotatable bonds is 4. The zero-order valence-corrected chi connectivity index (χ0v) is 12.1. The van der Waals surface area contributed by atoms with Crippen molar-refractivity contribution in [3.05, 3.63) is 60.2 Å². The van der Waals surface area contributed by atoms with Gasteiger partial charge in [0.25, 0.3) is 5.91 Å². The van der Waals surface area contributed by atoms with Crippen LogP contribution in [0.4, 0.5) is 0 Å². The molecule has 6 nitrogen and oxygen atoms in total. The van der Waals surface area contributed by atoms with E-state index in [0.717, 1.165) is 16.7 Å². The van der Waals surface area contributed by atoms with Crippen molar-refractivity contribution < 1.29 is 4.79 Å². The Balaban J connectivity index is 1.69. The molecule has 0 aliphatic rings. The van der Waals surface area contributed by atoms with Gasteiger partial charge in [0, 0.05) is 5.56 Å². The van der Waals surface area contributed by atoms with Gasteiger partial charge in [-0.25, -0.2) is 10.1 Å². The predicted octanol–water partition coefficient (Wildman–Crippen LogP) is 2.24. The molecule has 6 heteroatoms. The lowest BCUT2D eigenvalue weighted by atomic mass is 10.2. The number of para-hydroxylation sites is 1. The average molecular weight is 293 g/mol. The van der Waals surface area contributed by atoms with Crippen LogP contribution in [0.1, 0.15) is 17.3 Å². The highest BCUT2D eigenvalue weighted by Crippen LogP contribution is 2.09. The maximum absolute atomic E-state index is 11.9. The Hall–Kier alpha value is -3.02. The van der Waals surface area contributed by atoms with Crippen molar-refractivity contribution in [2.24, 2.45) is 5.10 Å². The second-order valence-electron chi connectivity index (χ2n) is 4.89. The van der Waals surface area contributed by atoms with E-state index in [0.29, 0.717) is 12.1 Å². The zero-order valence-electron chi connectivity index (χ0n) is 12.1. The summed E-state index contributed by atoms with van der Waals surface area (Å²) in [6, 6.07) is 16.7. The van der Waals surface area contributed by atoms with E-state index < -0.39 is 0 Å². The van der Waals surface area contributed by atoms with Gasteiger partial charge in [-0.1, -0.05) is 35.5 Å². The third-order valence-electron chi connectivity index (χ3n) is 3.18. The van der Waals surface area contributed by atoms with Crippen molar-refractivity contribution in [1.82, 2.24) is 20.4 Å². The summed E-state index contributed by atoms with van der Waals surface area (Å²) in [5.74, 6) is -0.233. The number of benzene rings is 2. The summed E-state index contributed by atoms with van der Waals surface area (Å²) >= 11 is 0. The number of hydrazone groups is 1. The molecule has 0 spiro atoms. The van der Waals surface area contributed by atoms with Crippen molar-refractivity contribution >= 4 is 22.7 Å². The van der Waals surface area contributed by atoms with E-state index in [-0.39, 0.29) is 5.91 Å². The second kappa shape index (κ2) is 6.17. The Morgan fingerprint density at radius 3 is 2.68 bits per heavy atom. The van der Waals surface area contributed by atoms with Crippen molar-refractivity contribution in [2.45, 2.75) is 13.5 Å². The van der Waals surface area contributed by atoms with Gasteiger partial charge in [-0.05, 0) is 31.2 Å². The van der Waals surface area contributed by atoms with Crippen LogP contribution in [0.3, 0.4) is 0 Å². The highest BCUT2D eigenvalue weighted by Gasteiger charge is 2.06. The van der Waals surface area contributed by atoms with Crippen LogP contribution in [0.5, 0.6) is 0 Å². The standard InChI is InChI=1S/C16H15N5O/c1-12(17-19-16(22)13-7-3-2-4-8-13)11-21-15-10-6-5-9-14(15)18-20-21/h2-10H,11H2,1H3,(H,19,22). The molecule has 0 saturated heterocycles. The molecule has 1 aromatic heterocycles. The molecule has 110 valence electrons. The van der Waals surface area contributed by atoms with Gasteiger partial charge in [0.05, 0.1) is 17.8 Å². The van der Waals surface area contributed by atoms with Gasteiger partial charge in [-0.15, -0.1) is 5.10 Å². The quantitative estimate of drug-likeness (QED) is 0.592. The fourth-order valence-corrected chi connectivity index (χ4v) is 2.09. The maximum atomic E-state index is 11.9. The largest absolute Gasteiger partial charge is 0.271 e. The van der Waals surface area contributed by atoms with Gasteiger partial charge in [-0.2, -0.15) is 5.10 Å². The summed E-state index contributed by atoms with van der Waals surface area (Å²) in [5.41, 5.74) is 5.63. The second-order valence-corrected chi connectivity index (χ2v) is 4.89. The first-order chi connectivity index (χ1) is 10.7. The van der Waals surface area contributed by atoms with E-state index in [9.17, 15) is 4.79 Å². The van der Waals surface area contributed by atoms with E-state index in [1.54, 1.807) is 16.8 Å². The Labute approximate surface area is 127 Å². The summed E-state index contributed by atoms with van der Waals surface area (Å²) in [5, 5.41) is 12.3. The van der Waals surface area contributed by atoms with Crippen molar-refractivity contribution in [2.75, 3.05) is 0 Å².